The molecule has 0 N–H and O–H groups in total. The van der Waals surface area contributed by atoms with Crippen LogP contribution in [-0.4, -0.2) is 13.1 Å². The van der Waals surface area contributed by atoms with Crippen LogP contribution in [-0.2, 0) is 9.53 Å². The molecular weight excluding hydrogens is 476 g/mol. The molecule has 2 nitrogen and oxygen atoms in total. The monoisotopic (exact) mass is 549 g/mol. The summed E-state index contributed by atoms with van der Waals surface area (Å²) >= 11 is 0. The predicted octanol–water partition coefficient (Wildman–Crippen LogP) is 13.2. The number of methoxy groups -OCH3 is 1. The lowest BCUT2D eigenvalue weighted by molar-refractivity contribution is -0.140. The van der Waals surface area contributed by atoms with Crippen molar-refractivity contribution < 1.29 is 9.53 Å². The third-order valence-electron chi connectivity index (χ3n) is 7.49. The smallest absolute Gasteiger partial charge is 0.305 e. The average Bonchev–Trinajstić information content (AvgIpc) is 2.95. The number of hydrogen-bond acceptors (Lipinski definition) is 2. The molecule has 232 valence electrons. The minimum absolute atomic E-state index is 0.0763. The van der Waals surface area contributed by atoms with Gasteiger partial charge in [-0.1, -0.05) is 161 Å². The summed E-state index contributed by atoms with van der Waals surface area (Å²) in [6, 6.07) is 0. The third-order valence-corrected chi connectivity index (χ3v) is 7.49. The van der Waals surface area contributed by atoms with Crippen LogP contribution in [0.4, 0.5) is 0 Å². The fourth-order valence-electron chi connectivity index (χ4n) is 4.76. The second-order valence-electron chi connectivity index (χ2n) is 11.5. The van der Waals surface area contributed by atoms with Gasteiger partial charge in [-0.05, 0) is 57.8 Å². The van der Waals surface area contributed by atoms with Crippen LogP contribution in [0.15, 0.2) is 24.3 Å². The van der Waals surface area contributed by atoms with E-state index in [1.807, 2.05) is 0 Å². The Hall–Kier alpha value is -1.05. The number of rotatable bonds is 29. The van der Waals surface area contributed by atoms with Gasteiger partial charge in [0.05, 0.1) is 7.11 Å². The number of hydrogen-bond donors (Lipinski definition) is 0. The normalized spacial score (nSPS) is 11.3. The first-order valence-electron chi connectivity index (χ1n) is 17.6. The Bertz CT molecular complexity index is 476. The molecule has 0 aliphatic rings. The second-order valence-corrected chi connectivity index (χ2v) is 11.5. The van der Waals surface area contributed by atoms with Gasteiger partial charge < -0.3 is 4.74 Å². The van der Waals surface area contributed by atoms with Crippen LogP contribution in [0.3, 0.4) is 0 Å². The van der Waals surface area contributed by atoms with E-state index >= 15 is 0 Å². The van der Waals surface area contributed by atoms with Gasteiger partial charge in [0.15, 0.2) is 0 Å². The van der Waals surface area contributed by atoms with Crippen LogP contribution >= 0.6 is 0 Å². The van der Waals surface area contributed by atoms with Crippen molar-refractivity contribution in [2.24, 2.45) is 0 Å². The molecule has 0 unspecified atom stereocenters. The third kappa shape index (κ3) is 41.6. The van der Waals surface area contributed by atoms with E-state index in [2.05, 4.69) is 49.8 Å². The lowest BCUT2D eigenvalue weighted by Gasteiger charge is -2.00. The average molecular weight is 549 g/mol. The maximum atomic E-state index is 10.9. The molecule has 0 aromatic heterocycles. The standard InChI is InChI=1S/C19H36O2.C18H36/c1-3-4-5-6-7-8-9-10-11-12-13-14-15-16-17-18-19(20)21-2;1-3-5-7-9-11-13-15-17-18-16-14-12-10-8-6-4-2/h10-11H,3-9,12-18H2,1-2H3;17-18H,3-16H2,1-2H3/b11-10-;18-17+. The van der Waals surface area contributed by atoms with E-state index in [0.29, 0.717) is 6.42 Å². The highest BCUT2D eigenvalue weighted by molar-refractivity contribution is 5.68. The van der Waals surface area contributed by atoms with Crippen molar-refractivity contribution in [3.8, 4) is 0 Å². The van der Waals surface area contributed by atoms with E-state index in [9.17, 15) is 4.79 Å². The summed E-state index contributed by atoms with van der Waals surface area (Å²) in [7, 11) is 1.46. The molecule has 0 saturated heterocycles. The van der Waals surface area contributed by atoms with Gasteiger partial charge in [-0.15, -0.1) is 0 Å². The van der Waals surface area contributed by atoms with Gasteiger partial charge >= 0.3 is 5.97 Å². The van der Waals surface area contributed by atoms with Gasteiger partial charge in [-0.3, -0.25) is 4.79 Å². The van der Waals surface area contributed by atoms with Crippen molar-refractivity contribution in [1.29, 1.82) is 0 Å². The summed E-state index contributed by atoms with van der Waals surface area (Å²) in [5, 5.41) is 0. The Morgan fingerprint density at radius 1 is 0.410 bits per heavy atom. The summed E-state index contributed by atoms with van der Waals surface area (Å²) in [5.74, 6) is -0.0763. The summed E-state index contributed by atoms with van der Waals surface area (Å²) in [6.07, 6.45) is 46.4. The number of carbonyl (C=O) groups is 1. The van der Waals surface area contributed by atoms with Crippen molar-refractivity contribution in [2.45, 2.75) is 201 Å². The molecular formula is C37H72O2. The molecule has 0 fully saturated rings. The van der Waals surface area contributed by atoms with Gasteiger partial charge in [0, 0.05) is 6.42 Å². The molecule has 0 rings (SSSR count). The van der Waals surface area contributed by atoms with Crippen LogP contribution in [0.1, 0.15) is 201 Å². The van der Waals surface area contributed by atoms with Crippen molar-refractivity contribution in [1.82, 2.24) is 0 Å². The maximum absolute atomic E-state index is 10.9. The largest absolute Gasteiger partial charge is 0.469 e. The first-order valence-corrected chi connectivity index (χ1v) is 17.6. The van der Waals surface area contributed by atoms with Gasteiger partial charge in [0.2, 0.25) is 0 Å². The SMILES string of the molecule is CCCCCCCC/C=C/CCCCCCCC.CCCCCCCC/C=C\CCCCCCCC(=O)OC. The van der Waals surface area contributed by atoms with E-state index in [4.69, 9.17) is 0 Å². The molecule has 2 heteroatoms. The van der Waals surface area contributed by atoms with E-state index in [1.165, 1.54) is 168 Å². The summed E-state index contributed by atoms with van der Waals surface area (Å²) in [4.78, 5) is 10.9. The zero-order valence-electron chi connectivity index (χ0n) is 27.4. The summed E-state index contributed by atoms with van der Waals surface area (Å²) < 4.78 is 4.62. The topological polar surface area (TPSA) is 26.3 Å². The van der Waals surface area contributed by atoms with Crippen LogP contribution in [0.5, 0.6) is 0 Å². The van der Waals surface area contributed by atoms with Crippen LogP contribution in [0.25, 0.3) is 0 Å². The predicted molar refractivity (Wildman–Crippen MR) is 177 cm³/mol. The fourth-order valence-corrected chi connectivity index (χ4v) is 4.76. The Labute approximate surface area is 247 Å². The molecule has 0 amide bonds. The Morgan fingerprint density at radius 3 is 0.949 bits per heavy atom. The zero-order valence-corrected chi connectivity index (χ0v) is 27.4. The summed E-state index contributed by atoms with van der Waals surface area (Å²) in [5.41, 5.74) is 0. The number of esters is 1. The zero-order chi connectivity index (χ0) is 28.9. The van der Waals surface area contributed by atoms with E-state index in [-0.39, 0.29) is 5.97 Å². The molecule has 39 heavy (non-hydrogen) atoms. The molecule has 0 aliphatic heterocycles. The molecule has 0 spiro atoms. The van der Waals surface area contributed by atoms with Gasteiger partial charge in [-0.2, -0.15) is 0 Å². The van der Waals surface area contributed by atoms with Crippen LogP contribution in [0, 0.1) is 0 Å². The number of ether oxygens (including phenoxy) is 1. The fraction of sp³-hybridized carbons (Fsp3) is 0.865. The Kier molecular flexibility index (Phi) is 40.2. The minimum Gasteiger partial charge on any atom is -0.469 e. The van der Waals surface area contributed by atoms with Crippen molar-refractivity contribution >= 4 is 5.97 Å². The second kappa shape index (κ2) is 39.1. The van der Waals surface area contributed by atoms with E-state index < -0.39 is 0 Å². The highest BCUT2D eigenvalue weighted by atomic mass is 16.5. The molecule has 0 bridgehead atoms. The van der Waals surface area contributed by atoms with Crippen LogP contribution < -0.4 is 0 Å². The molecule has 0 heterocycles. The number of unbranched alkanes of at least 4 members (excludes halogenated alkanes) is 23. The van der Waals surface area contributed by atoms with Gasteiger partial charge in [0.25, 0.3) is 0 Å². The number of allylic oxidation sites excluding steroid dienone is 4. The molecule has 0 aromatic rings. The Morgan fingerprint density at radius 2 is 0.667 bits per heavy atom. The van der Waals surface area contributed by atoms with Gasteiger partial charge in [0.1, 0.15) is 0 Å². The number of carbonyl (C=O) groups excluding carboxylic acids is 1. The first-order chi connectivity index (χ1) is 19.2. The van der Waals surface area contributed by atoms with Crippen molar-refractivity contribution in [2.75, 3.05) is 7.11 Å². The summed E-state index contributed by atoms with van der Waals surface area (Å²) in [6.45, 7) is 6.83. The molecule has 0 radical (unpaired) electrons. The van der Waals surface area contributed by atoms with E-state index in [0.717, 1.165) is 12.8 Å². The minimum atomic E-state index is -0.0763. The quantitative estimate of drug-likeness (QED) is 0.0527. The van der Waals surface area contributed by atoms with Crippen molar-refractivity contribution in [3.05, 3.63) is 24.3 Å². The van der Waals surface area contributed by atoms with Crippen molar-refractivity contribution in [3.63, 3.8) is 0 Å². The molecule has 0 saturated carbocycles. The lowest BCUT2D eigenvalue weighted by atomic mass is 10.1. The first kappa shape index (κ1) is 40.1. The van der Waals surface area contributed by atoms with Gasteiger partial charge in [-0.25, -0.2) is 0 Å². The molecule has 0 atom stereocenters. The Balaban J connectivity index is 0. The highest BCUT2D eigenvalue weighted by Crippen LogP contribution is 2.11. The molecule has 0 aromatic carbocycles. The molecule has 0 aliphatic carbocycles. The van der Waals surface area contributed by atoms with E-state index in [1.54, 1.807) is 0 Å². The van der Waals surface area contributed by atoms with Crippen LogP contribution in [0.2, 0.25) is 0 Å². The lowest BCUT2D eigenvalue weighted by Crippen LogP contribution is -1.98. The maximum Gasteiger partial charge on any atom is 0.305 e. The highest BCUT2D eigenvalue weighted by Gasteiger charge is 1.98.